The van der Waals surface area contributed by atoms with Gasteiger partial charge < -0.3 is 4.40 Å². The van der Waals surface area contributed by atoms with Crippen molar-refractivity contribution < 1.29 is 0 Å². The number of imidazole rings is 1. The highest BCUT2D eigenvalue weighted by Gasteiger charge is 2.13. The van der Waals surface area contributed by atoms with E-state index in [1.54, 1.807) is 11.8 Å². The quantitative estimate of drug-likeness (QED) is 0.721. The maximum Gasteiger partial charge on any atom is 0.122 e. The summed E-state index contributed by atoms with van der Waals surface area (Å²) in [5.74, 6) is 1.61. The molecule has 0 saturated carbocycles. The Kier molecular flexibility index (Phi) is 2.74. The molecule has 2 nitrogen and oxygen atoms in total. The Morgan fingerprint density at radius 2 is 2.13 bits per heavy atom. The normalized spacial score (nSPS) is 11.5. The van der Waals surface area contributed by atoms with Gasteiger partial charge in [0, 0.05) is 12.1 Å². The molecule has 2 heterocycles. The number of aryl methyl sites for hydroxylation is 1. The predicted molar refractivity (Wildman–Crippen MR) is 65.8 cm³/mol. The first-order valence-corrected chi connectivity index (χ1v) is 6.39. The maximum absolute atomic E-state index is 4.69. The summed E-state index contributed by atoms with van der Waals surface area (Å²) in [5.41, 5.74) is 2.55. The van der Waals surface area contributed by atoms with Crippen molar-refractivity contribution >= 4 is 17.3 Å². The summed E-state index contributed by atoms with van der Waals surface area (Å²) in [5, 5.41) is 1.14. The van der Waals surface area contributed by atoms with E-state index in [-0.39, 0.29) is 0 Å². The van der Waals surface area contributed by atoms with Crippen LogP contribution in [0.5, 0.6) is 0 Å². The molecule has 15 heavy (non-hydrogen) atoms. The van der Waals surface area contributed by atoms with Gasteiger partial charge in [-0.3, -0.25) is 0 Å². The van der Waals surface area contributed by atoms with Crippen LogP contribution in [-0.2, 0) is 0 Å². The van der Waals surface area contributed by atoms with E-state index < -0.39 is 0 Å². The molecule has 0 unspecified atom stereocenters. The van der Waals surface area contributed by atoms with Crippen molar-refractivity contribution in [1.29, 1.82) is 0 Å². The fourth-order valence-electron chi connectivity index (χ4n) is 1.84. The summed E-state index contributed by atoms with van der Waals surface area (Å²) in [7, 11) is 0. The monoisotopic (exact) mass is 220 g/mol. The van der Waals surface area contributed by atoms with Crippen molar-refractivity contribution in [3.8, 4) is 0 Å². The highest BCUT2D eigenvalue weighted by molar-refractivity contribution is 7.98. The van der Waals surface area contributed by atoms with E-state index >= 15 is 0 Å². The zero-order chi connectivity index (χ0) is 11.0. The molecule has 0 radical (unpaired) electrons. The predicted octanol–water partition coefficient (Wildman–Crippen LogP) is 3.49. The zero-order valence-electron chi connectivity index (χ0n) is 9.61. The first kappa shape index (κ1) is 10.6. The molecule has 2 aromatic rings. The van der Waals surface area contributed by atoms with Gasteiger partial charge in [-0.15, -0.1) is 11.8 Å². The molecule has 0 spiro atoms. The van der Waals surface area contributed by atoms with E-state index in [4.69, 9.17) is 4.98 Å². The Morgan fingerprint density at radius 1 is 1.40 bits per heavy atom. The van der Waals surface area contributed by atoms with Crippen LogP contribution >= 0.6 is 11.8 Å². The second-order valence-electron chi connectivity index (χ2n) is 4.04. The van der Waals surface area contributed by atoms with E-state index in [2.05, 4.69) is 49.8 Å². The molecular formula is C12H16N2S. The zero-order valence-corrected chi connectivity index (χ0v) is 10.4. The summed E-state index contributed by atoms with van der Waals surface area (Å²) in [4.78, 5) is 4.69. The van der Waals surface area contributed by atoms with E-state index in [0.29, 0.717) is 5.92 Å². The van der Waals surface area contributed by atoms with Crippen LogP contribution in [0.4, 0.5) is 0 Å². The highest BCUT2D eigenvalue weighted by Crippen LogP contribution is 2.27. The summed E-state index contributed by atoms with van der Waals surface area (Å²) in [6.45, 7) is 6.50. The van der Waals surface area contributed by atoms with Gasteiger partial charge >= 0.3 is 0 Å². The molecule has 0 aliphatic heterocycles. The van der Waals surface area contributed by atoms with Gasteiger partial charge in [-0.1, -0.05) is 19.9 Å². The average molecular weight is 220 g/mol. The highest BCUT2D eigenvalue weighted by atomic mass is 32.2. The second kappa shape index (κ2) is 3.89. The summed E-state index contributed by atoms with van der Waals surface area (Å²) in [6, 6.07) is 4.22. The van der Waals surface area contributed by atoms with Gasteiger partial charge in [-0.25, -0.2) is 4.98 Å². The molecule has 80 valence electrons. The number of rotatable bonds is 2. The standard InChI is InChI=1S/C12H16N2S/c1-8(2)11-13-12(15-4)10-9(3)6-5-7-14(10)11/h5-8H,1-4H3. The summed E-state index contributed by atoms with van der Waals surface area (Å²) >= 11 is 1.72. The van der Waals surface area contributed by atoms with Crippen molar-refractivity contribution in [2.45, 2.75) is 31.7 Å². The lowest BCUT2D eigenvalue weighted by atomic mass is 10.2. The van der Waals surface area contributed by atoms with Crippen molar-refractivity contribution in [3.63, 3.8) is 0 Å². The third kappa shape index (κ3) is 1.65. The Morgan fingerprint density at radius 3 is 2.73 bits per heavy atom. The topological polar surface area (TPSA) is 17.3 Å². The molecule has 2 rings (SSSR count). The Balaban J connectivity index is 2.81. The molecule has 0 atom stereocenters. The molecule has 0 aromatic carbocycles. The lowest BCUT2D eigenvalue weighted by Crippen LogP contribution is -1.96. The van der Waals surface area contributed by atoms with Crippen molar-refractivity contribution in [2.24, 2.45) is 0 Å². The van der Waals surface area contributed by atoms with Gasteiger partial charge in [0.25, 0.3) is 0 Å². The van der Waals surface area contributed by atoms with Crippen LogP contribution in [0.1, 0.15) is 31.2 Å². The maximum atomic E-state index is 4.69. The molecule has 2 aromatic heterocycles. The first-order chi connectivity index (χ1) is 7.15. The minimum absolute atomic E-state index is 0.459. The van der Waals surface area contributed by atoms with Crippen molar-refractivity contribution in [2.75, 3.05) is 6.26 Å². The molecular weight excluding hydrogens is 204 g/mol. The molecule has 0 N–H and O–H groups in total. The molecule has 0 fully saturated rings. The number of fused-ring (bicyclic) bond motifs is 1. The van der Waals surface area contributed by atoms with Crippen molar-refractivity contribution in [3.05, 3.63) is 29.7 Å². The van der Waals surface area contributed by atoms with Gasteiger partial charge in [-0.05, 0) is 24.8 Å². The van der Waals surface area contributed by atoms with Gasteiger partial charge in [0.2, 0.25) is 0 Å². The minimum atomic E-state index is 0.459. The Hall–Kier alpha value is -0.960. The second-order valence-corrected chi connectivity index (χ2v) is 4.84. The van der Waals surface area contributed by atoms with E-state index in [1.807, 2.05) is 0 Å². The van der Waals surface area contributed by atoms with Crippen LogP contribution in [0.2, 0.25) is 0 Å². The number of pyridine rings is 1. The first-order valence-electron chi connectivity index (χ1n) is 5.16. The Bertz CT molecular complexity index is 486. The van der Waals surface area contributed by atoms with Gasteiger partial charge in [0.15, 0.2) is 0 Å². The van der Waals surface area contributed by atoms with Gasteiger partial charge in [0.05, 0.1) is 5.52 Å². The van der Waals surface area contributed by atoms with Crippen LogP contribution in [0.25, 0.3) is 5.52 Å². The Labute approximate surface area is 94.7 Å². The average Bonchev–Trinajstić information content (AvgIpc) is 2.58. The molecule has 0 aliphatic rings. The van der Waals surface area contributed by atoms with E-state index in [1.165, 1.54) is 11.1 Å². The van der Waals surface area contributed by atoms with Crippen LogP contribution in [0.3, 0.4) is 0 Å². The van der Waals surface area contributed by atoms with Gasteiger partial charge in [0.1, 0.15) is 10.9 Å². The van der Waals surface area contributed by atoms with Crippen LogP contribution in [0, 0.1) is 6.92 Å². The smallest absolute Gasteiger partial charge is 0.122 e. The fraction of sp³-hybridized carbons (Fsp3) is 0.417. The van der Waals surface area contributed by atoms with E-state index in [0.717, 1.165) is 10.9 Å². The number of nitrogens with zero attached hydrogens (tertiary/aromatic N) is 2. The van der Waals surface area contributed by atoms with Crippen LogP contribution < -0.4 is 0 Å². The number of thioether (sulfide) groups is 1. The summed E-state index contributed by atoms with van der Waals surface area (Å²) in [6.07, 6.45) is 4.18. The SMILES string of the molecule is CSc1nc(C(C)C)n2cccc(C)c12. The molecule has 0 aliphatic carbocycles. The van der Waals surface area contributed by atoms with E-state index in [9.17, 15) is 0 Å². The number of hydrogen-bond donors (Lipinski definition) is 0. The largest absolute Gasteiger partial charge is 0.302 e. The van der Waals surface area contributed by atoms with Gasteiger partial charge in [-0.2, -0.15) is 0 Å². The third-order valence-electron chi connectivity index (χ3n) is 2.57. The van der Waals surface area contributed by atoms with Crippen molar-refractivity contribution in [1.82, 2.24) is 9.38 Å². The lowest BCUT2D eigenvalue weighted by Gasteiger charge is -2.04. The fourth-order valence-corrected chi connectivity index (χ4v) is 2.48. The third-order valence-corrected chi connectivity index (χ3v) is 3.24. The minimum Gasteiger partial charge on any atom is -0.302 e. The lowest BCUT2D eigenvalue weighted by molar-refractivity contribution is 0.764. The summed E-state index contributed by atoms with van der Waals surface area (Å²) < 4.78 is 2.21. The number of hydrogen-bond acceptors (Lipinski definition) is 2. The molecule has 3 heteroatoms. The number of aromatic nitrogens is 2. The molecule has 0 saturated heterocycles. The molecule has 0 bridgehead atoms. The van der Waals surface area contributed by atoms with Crippen LogP contribution in [-0.4, -0.2) is 15.6 Å². The molecule has 0 amide bonds. The van der Waals surface area contributed by atoms with Crippen LogP contribution in [0.15, 0.2) is 23.4 Å².